The van der Waals surface area contributed by atoms with Gasteiger partial charge in [0.25, 0.3) is 0 Å². The Morgan fingerprint density at radius 1 is 1.25 bits per heavy atom. The minimum absolute atomic E-state index is 0.424. The molecule has 1 fully saturated rings. The molecule has 1 heterocycles. The van der Waals surface area contributed by atoms with Crippen LogP contribution in [0.3, 0.4) is 0 Å². The van der Waals surface area contributed by atoms with E-state index in [1.165, 1.54) is 19.3 Å². The number of hydrogen-bond donors (Lipinski definition) is 0. The predicted octanol–water partition coefficient (Wildman–Crippen LogP) is 2.78. The first-order valence-electron chi connectivity index (χ1n) is 6.08. The summed E-state index contributed by atoms with van der Waals surface area (Å²) in [5.74, 6) is 0.816. The molecule has 0 amide bonds. The molecule has 1 aliphatic rings. The van der Waals surface area contributed by atoms with Gasteiger partial charge in [-0.2, -0.15) is 5.01 Å². The Balaban J connectivity index is 2.44. The summed E-state index contributed by atoms with van der Waals surface area (Å²) in [6.45, 7) is 8.84. The SMILES string of the molecule is CC(C)(C)CC1CCN(N=S(C)(C)=O)CC1. The molecule has 0 spiro atoms. The third-order valence-electron chi connectivity index (χ3n) is 2.80. The van der Waals surface area contributed by atoms with Gasteiger partial charge in [-0.25, -0.2) is 4.21 Å². The van der Waals surface area contributed by atoms with E-state index in [4.69, 9.17) is 0 Å². The fraction of sp³-hybridized carbons (Fsp3) is 1.00. The van der Waals surface area contributed by atoms with E-state index in [-0.39, 0.29) is 0 Å². The fourth-order valence-corrected chi connectivity index (χ4v) is 3.07. The van der Waals surface area contributed by atoms with Crippen molar-refractivity contribution in [1.82, 2.24) is 5.01 Å². The summed E-state index contributed by atoms with van der Waals surface area (Å²) in [6, 6.07) is 0. The maximum atomic E-state index is 11.6. The van der Waals surface area contributed by atoms with Crippen molar-refractivity contribution in [2.75, 3.05) is 25.6 Å². The lowest BCUT2D eigenvalue weighted by Crippen LogP contribution is -2.32. The Morgan fingerprint density at radius 2 is 1.75 bits per heavy atom. The van der Waals surface area contributed by atoms with Crippen LogP contribution in [0.25, 0.3) is 0 Å². The molecule has 0 N–H and O–H groups in total. The number of nitrogens with zero attached hydrogens (tertiary/aromatic N) is 2. The Labute approximate surface area is 101 Å². The number of piperidine rings is 1. The van der Waals surface area contributed by atoms with Gasteiger partial charge in [-0.3, -0.25) is 0 Å². The van der Waals surface area contributed by atoms with Crippen LogP contribution in [-0.2, 0) is 9.73 Å². The van der Waals surface area contributed by atoms with Crippen molar-refractivity contribution < 1.29 is 4.21 Å². The van der Waals surface area contributed by atoms with Gasteiger partial charge in [-0.15, -0.1) is 4.47 Å². The summed E-state index contributed by atoms with van der Waals surface area (Å²) in [7, 11) is -1.98. The van der Waals surface area contributed by atoms with Crippen molar-refractivity contribution in [3.05, 3.63) is 0 Å². The van der Waals surface area contributed by atoms with E-state index in [9.17, 15) is 4.21 Å². The van der Waals surface area contributed by atoms with Gasteiger partial charge in [0.2, 0.25) is 0 Å². The van der Waals surface area contributed by atoms with E-state index >= 15 is 0 Å². The van der Waals surface area contributed by atoms with Gasteiger partial charge in [0.1, 0.15) is 0 Å². The molecule has 0 aliphatic carbocycles. The van der Waals surface area contributed by atoms with Crippen LogP contribution in [0.2, 0.25) is 0 Å². The highest BCUT2D eigenvalue weighted by Gasteiger charge is 2.23. The summed E-state index contributed by atoms with van der Waals surface area (Å²) in [5, 5.41) is 2.00. The van der Waals surface area contributed by atoms with E-state index < -0.39 is 9.73 Å². The topological polar surface area (TPSA) is 32.7 Å². The Kier molecular flexibility index (Phi) is 4.41. The number of rotatable bonds is 2. The average molecular weight is 246 g/mol. The van der Waals surface area contributed by atoms with Crippen molar-refractivity contribution in [2.24, 2.45) is 15.8 Å². The highest BCUT2D eigenvalue weighted by molar-refractivity contribution is 7.92. The van der Waals surface area contributed by atoms with Crippen molar-refractivity contribution in [2.45, 2.75) is 40.0 Å². The zero-order valence-electron chi connectivity index (χ0n) is 11.3. The Hall–Kier alpha value is -0.0900. The summed E-state index contributed by atoms with van der Waals surface area (Å²) in [4.78, 5) is 0. The highest BCUT2D eigenvalue weighted by Crippen LogP contribution is 2.30. The Morgan fingerprint density at radius 3 is 2.12 bits per heavy atom. The molecule has 0 saturated carbocycles. The maximum Gasteiger partial charge on any atom is 0.0581 e. The monoisotopic (exact) mass is 246 g/mol. The molecule has 0 aromatic carbocycles. The van der Waals surface area contributed by atoms with Crippen LogP contribution < -0.4 is 0 Å². The number of hydrogen-bond acceptors (Lipinski definition) is 2. The molecule has 3 nitrogen and oxygen atoms in total. The van der Waals surface area contributed by atoms with Gasteiger partial charge in [0.05, 0.1) is 9.73 Å². The van der Waals surface area contributed by atoms with Crippen LogP contribution in [0.15, 0.2) is 4.47 Å². The molecule has 0 aromatic rings. The second kappa shape index (κ2) is 5.05. The smallest absolute Gasteiger partial charge is 0.0581 e. The van der Waals surface area contributed by atoms with Crippen LogP contribution in [0.4, 0.5) is 0 Å². The normalized spacial score (nSPS) is 21.1. The lowest BCUT2D eigenvalue weighted by atomic mass is 9.81. The lowest BCUT2D eigenvalue weighted by molar-refractivity contribution is 0.158. The first-order valence-corrected chi connectivity index (χ1v) is 8.41. The summed E-state index contributed by atoms with van der Waals surface area (Å²) in [5.41, 5.74) is 0.424. The van der Waals surface area contributed by atoms with Gasteiger partial charge in [0.15, 0.2) is 0 Å². The highest BCUT2D eigenvalue weighted by atomic mass is 32.2. The van der Waals surface area contributed by atoms with Crippen molar-refractivity contribution in [1.29, 1.82) is 0 Å². The molecule has 1 saturated heterocycles. The second-order valence-electron chi connectivity index (χ2n) is 6.42. The van der Waals surface area contributed by atoms with Crippen molar-refractivity contribution in [3.8, 4) is 0 Å². The largest absolute Gasteiger partial charge is 0.249 e. The first-order chi connectivity index (χ1) is 7.16. The van der Waals surface area contributed by atoms with Gasteiger partial charge in [-0.05, 0) is 30.6 Å². The van der Waals surface area contributed by atoms with Gasteiger partial charge < -0.3 is 0 Å². The molecular weight excluding hydrogens is 220 g/mol. The molecule has 0 bridgehead atoms. The van der Waals surface area contributed by atoms with E-state index in [1.54, 1.807) is 12.5 Å². The van der Waals surface area contributed by atoms with Crippen LogP contribution in [0, 0.1) is 11.3 Å². The van der Waals surface area contributed by atoms with E-state index in [2.05, 4.69) is 25.2 Å². The molecule has 0 atom stereocenters. The predicted molar refractivity (Wildman–Crippen MR) is 70.8 cm³/mol. The summed E-state index contributed by atoms with van der Waals surface area (Å²) < 4.78 is 15.8. The molecule has 16 heavy (non-hydrogen) atoms. The summed E-state index contributed by atoms with van der Waals surface area (Å²) in [6.07, 6.45) is 7.07. The van der Waals surface area contributed by atoms with Crippen LogP contribution >= 0.6 is 0 Å². The third-order valence-corrected chi connectivity index (χ3v) is 3.43. The molecule has 96 valence electrons. The van der Waals surface area contributed by atoms with E-state index in [0.29, 0.717) is 5.41 Å². The Bertz CT molecular complexity index is 321. The molecule has 0 radical (unpaired) electrons. The minimum atomic E-state index is -1.98. The molecular formula is C12H26N2OS. The average Bonchev–Trinajstić information content (AvgIpc) is 2.03. The van der Waals surface area contributed by atoms with Gasteiger partial charge >= 0.3 is 0 Å². The lowest BCUT2D eigenvalue weighted by Gasteiger charge is -2.32. The third kappa shape index (κ3) is 5.85. The second-order valence-corrected chi connectivity index (χ2v) is 8.95. The molecule has 4 heteroatoms. The van der Waals surface area contributed by atoms with Gasteiger partial charge in [0, 0.05) is 25.6 Å². The standard InChI is InChI=1S/C12H26N2OS/c1-12(2,3)10-11-6-8-14(9-7-11)13-16(4,5)15/h11H,6-10H2,1-5H3. The molecule has 1 aliphatic heterocycles. The maximum absolute atomic E-state index is 11.6. The first kappa shape index (κ1) is 14.0. The fourth-order valence-electron chi connectivity index (χ4n) is 2.35. The zero-order valence-corrected chi connectivity index (χ0v) is 12.1. The molecule has 0 aromatic heterocycles. The van der Waals surface area contributed by atoms with Crippen LogP contribution in [-0.4, -0.2) is 34.8 Å². The van der Waals surface area contributed by atoms with E-state index in [1.807, 2.05) is 5.01 Å². The van der Waals surface area contributed by atoms with Gasteiger partial charge in [-0.1, -0.05) is 20.8 Å². The van der Waals surface area contributed by atoms with Crippen molar-refractivity contribution >= 4 is 9.73 Å². The van der Waals surface area contributed by atoms with Crippen molar-refractivity contribution in [3.63, 3.8) is 0 Å². The van der Waals surface area contributed by atoms with Crippen LogP contribution in [0.5, 0.6) is 0 Å². The summed E-state index contributed by atoms with van der Waals surface area (Å²) >= 11 is 0. The minimum Gasteiger partial charge on any atom is -0.249 e. The van der Waals surface area contributed by atoms with Crippen LogP contribution in [0.1, 0.15) is 40.0 Å². The molecule has 1 rings (SSSR count). The molecule has 0 unspecified atom stereocenters. The quantitative estimate of drug-likeness (QED) is 0.750. The van der Waals surface area contributed by atoms with E-state index in [0.717, 1.165) is 19.0 Å². The zero-order chi connectivity index (χ0) is 12.4.